The molecule has 3 nitrogen and oxygen atoms in total. The number of rotatable bonds is 3. The van der Waals surface area contributed by atoms with Gasteiger partial charge in [0.25, 0.3) is 0 Å². The van der Waals surface area contributed by atoms with Crippen molar-refractivity contribution in [2.45, 2.75) is 20.0 Å². The van der Waals surface area contributed by atoms with Gasteiger partial charge in [0.05, 0.1) is 0 Å². The van der Waals surface area contributed by atoms with Gasteiger partial charge in [-0.1, -0.05) is 36.4 Å². The van der Waals surface area contributed by atoms with Gasteiger partial charge in [-0.25, -0.2) is 0 Å². The molecule has 0 fully saturated rings. The Morgan fingerprint density at radius 3 is 2.42 bits per heavy atom. The summed E-state index contributed by atoms with van der Waals surface area (Å²) < 4.78 is 0. The van der Waals surface area contributed by atoms with E-state index in [1.54, 1.807) is 6.07 Å². The van der Waals surface area contributed by atoms with Crippen LogP contribution in [0.15, 0.2) is 48.5 Å². The number of aliphatic hydroxyl groups excluding tert-OH is 1. The molecule has 2 aromatic rings. The Balaban J connectivity index is 2.28. The van der Waals surface area contributed by atoms with E-state index in [9.17, 15) is 9.90 Å². The van der Waals surface area contributed by atoms with E-state index >= 15 is 0 Å². The Hall–Kier alpha value is -2.13. The predicted molar refractivity (Wildman–Crippen MR) is 76.0 cm³/mol. The van der Waals surface area contributed by atoms with Crippen LogP contribution in [0.2, 0.25) is 0 Å². The number of benzene rings is 2. The zero-order valence-corrected chi connectivity index (χ0v) is 11.1. The van der Waals surface area contributed by atoms with Gasteiger partial charge in [-0.3, -0.25) is 4.79 Å². The summed E-state index contributed by atoms with van der Waals surface area (Å²) in [6.07, 6.45) is -0.646. The molecule has 2 N–H and O–H groups in total. The number of anilines is 1. The van der Waals surface area contributed by atoms with E-state index in [1.807, 2.05) is 49.4 Å². The Morgan fingerprint density at radius 2 is 1.84 bits per heavy atom. The van der Waals surface area contributed by atoms with Crippen molar-refractivity contribution in [2.24, 2.45) is 0 Å². The van der Waals surface area contributed by atoms with E-state index in [0.29, 0.717) is 0 Å². The number of nitrogens with one attached hydrogen (secondary N) is 1. The molecule has 0 radical (unpaired) electrons. The maximum Gasteiger partial charge on any atom is 0.221 e. The third kappa shape index (κ3) is 3.20. The minimum absolute atomic E-state index is 0.101. The number of carbonyl (C=O) groups excluding carboxylic acids is 1. The highest BCUT2D eigenvalue weighted by atomic mass is 16.3. The molecule has 2 rings (SSSR count). The Kier molecular flexibility index (Phi) is 3.97. The largest absolute Gasteiger partial charge is 0.384 e. The molecule has 1 amide bonds. The van der Waals surface area contributed by atoms with E-state index in [1.165, 1.54) is 6.92 Å². The summed E-state index contributed by atoms with van der Waals surface area (Å²) in [5, 5.41) is 13.1. The Bertz CT molecular complexity index is 579. The average molecular weight is 255 g/mol. The van der Waals surface area contributed by atoms with Crippen LogP contribution in [0.25, 0.3) is 0 Å². The molecule has 0 saturated heterocycles. The third-order valence-electron chi connectivity index (χ3n) is 3.00. The molecular weight excluding hydrogens is 238 g/mol. The number of amides is 1. The van der Waals surface area contributed by atoms with Crippen molar-refractivity contribution >= 4 is 11.6 Å². The molecule has 1 unspecified atom stereocenters. The number of carbonyl (C=O) groups is 1. The second kappa shape index (κ2) is 5.67. The minimum atomic E-state index is -0.646. The number of aryl methyl sites for hydroxylation is 1. The fourth-order valence-electron chi connectivity index (χ4n) is 2.08. The zero-order valence-electron chi connectivity index (χ0n) is 11.1. The first-order valence-corrected chi connectivity index (χ1v) is 6.19. The molecule has 0 saturated carbocycles. The SMILES string of the molecule is CC(=O)Nc1ccc(C(O)c2ccccc2)c(C)c1. The Morgan fingerprint density at radius 1 is 1.16 bits per heavy atom. The second-order valence-electron chi connectivity index (χ2n) is 4.57. The van der Waals surface area contributed by atoms with Crippen LogP contribution >= 0.6 is 0 Å². The van der Waals surface area contributed by atoms with E-state index in [2.05, 4.69) is 5.32 Å². The van der Waals surface area contributed by atoms with Gasteiger partial charge in [-0.15, -0.1) is 0 Å². The maximum atomic E-state index is 11.0. The van der Waals surface area contributed by atoms with Crippen LogP contribution in [-0.2, 0) is 4.79 Å². The second-order valence-corrected chi connectivity index (χ2v) is 4.57. The van der Waals surface area contributed by atoms with Crippen LogP contribution in [0.4, 0.5) is 5.69 Å². The van der Waals surface area contributed by atoms with Crippen LogP contribution < -0.4 is 5.32 Å². The molecule has 1 atom stereocenters. The van der Waals surface area contributed by atoms with Crippen LogP contribution in [0, 0.1) is 6.92 Å². The summed E-state index contributed by atoms with van der Waals surface area (Å²) in [5.74, 6) is -0.101. The molecule has 0 bridgehead atoms. The van der Waals surface area contributed by atoms with Crippen LogP contribution in [0.1, 0.15) is 29.7 Å². The standard InChI is InChI=1S/C16H17NO2/c1-11-10-14(17-12(2)18)8-9-15(11)16(19)13-6-4-3-5-7-13/h3-10,16,19H,1-2H3,(H,17,18). The van der Waals surface area contributed by atoms with Crippen LogP contribution in [0.5, 0.6) is 0 Å². The zero-order chi connectivity index (χ0) is 13.8. The van der Waals surface area contributed by atoms with Crippen molar-refractivity contribution in [3.05, 3.63) is 65.2 Å². The van der Waals surface area contributed by atoms with E-state index in [4.69, 9.17) is 0 Å². The summed E-state index contributed by atoms with van der Waals surface area (Å²) in [6.45, 7) is 3.40. The van der Waals surface area contributed by atoms with E-state index < -0.39 is 6.10 Å². The first-order chi connectivity index (χ1) is 9.08. The molecule has 0 heterocycles. The lowest BCUT2D eigenvalue weighted by Crippen LogP contribution is -2.07. The first kappa shape index (κ1) is 13.3. The van der Waals surface area contributed by atoms with Crippen molar-refractivity contribution in [3.63, 3.8) is 0 Å². The van der Waals surface area contributed by atoms with Gasteiger partial charge in [0, 0.05) is 12.6 Å². The van der Waals surface area contributed by atoms with Crippen molar-refractivity contribution in [2.75, 3.05) is 5.32 Å². The summed E-state index contributed by atoms with van der Waals surface area (Å²) in [5.41, 5.74) is 3.40. The molecule has 0 aromatic heterocycles. The molecule has 98 valence electrons. The molecule has 0 spiro atoms. The number of aliphatic hydroxyl groups is 1. The van der Waals surface area contributed by atoms with Gasteiger partial charge in [-0.2, -0.15) is 0 Å². The normalized spacial score (nSPS) is 11.9. The lowest BCUT2D eigenvalue weighted by Gasteiger charge is -2.15. The van der Waals surface area contributed by atoms with E-state index in [0.717, 1.165) is 22.4 Å². The summed E-state index contributed by atoms with van der Waals surface area (Å²) in [4.78, 5) is 11.0. The molecule has 0 aliphatic carbocycles. The topological polar surface area (TPSA) is 49.3 Å². The fourth-order valence-corrected chi connectivity index (χ4v) is 2.08. The quantitative estimate of drug-likeness (QED) is 0.885. The van der Waals surface area contributed by atoms with Crippen molar-refractivity contribution < 1.29 is 9.90 Å². The fraction of sp³-hybridized carbons (Fsp3) is 0.188. The monoisotopic (exact) mass is 255 g/mol. The third-order valence-corrected chi connectivity index (χ3v) is 3.00. The average Bonchev–Trinajstić information content (AvgIpc) is 2.38. The molecule has 0 aliphatic rings. The first-order valence-electron chi connectivity index (χ1n) is 6.19. The highest BCUT2D eigenvalue weighted by molar-refractivity contribution is 5.88. The summed E-state index contributed by atoms with van der Waals surface area (Å²) in [7, 11) is 0. The van der Waals surface area contributed by atoms with Crippen molar-refractivity contribution in [1.82, 2.24) is 0 Å². The van der Waals surface area contributed by atoms with E-state index in [-0.39, 0.29) is 5.91 Å². The lowest BCUT2D eigenvalue weighted by atomic mass is 9.97. The highest BCUT2D eigenvalue weighted by Crippen LogP contribution is 2.26. The maximum absolute atomic E-state index is 11.0. The molecule has 19 heavy (non-hydrogen) atoms. The smallest absolute Gasteiger partial charge is 0.221 e. The van der Waals surface area contributed by atoms with Crippen LogP contribution in [-0.4, -0.2) is 11.0 Å². The van der Waals surface area contributed by atoms with Gasteiger partial charge in [-0.05, 0) is 35.7 Å². The Labute approximate surface area is 112 Å². The number of hydrogen-bond acceptors (Lipinski definition) is 2. The van der Waals surface area contributed by atoms with Gasteiger partial charge < -0.3 is 10.4 Å². The number of hydrogen-bond donors (Lipinski definition) is 2. The van der Waals surface area contributed by atoms with Gasteiger partial charge in [0.1, 0.15) is 6.10 Å². The lowest BCUT2D eigenvalue weighted by molar-refractivity contribution is -0.114. The van der Waals surface area contributed by atoms with Gasteiger partial charge >= 0.3 is 0 Å². The molecule has 2 aromatic carbocycles. The van der Waals surface area contributed by atoms with Gasteiger partial charge in [0.2, 0.25) is 5.91 Å². The van der Waals surface area contributed by atoms with Crippen molar-refractivity contribution in [3.8, 4) is 0 Å². The predicted octanol–water partition coefficient (Wildman–Crippen LogP) is 3.04. The van der Waals surface area contributed by atoms with Crippen molar-refractivity contribution in [1.29, 1.82) is 0 Å². The summed E-state index contributed by atoms with van der Waals surface area (Å²) >= 11 is 0. The van der Waals surface area contributed by atoms with Crippen LogP contribution in [0.3, 0.4) is 0 Å². The summed E-state index contributed by atoms with van der Waals surface area (Å²) in [6, 6.07) is 15.0. The van der Waals surface area contributed by atoms with Gasteiger partial charge in [0.15, 0.2) is 0 Å². The molecule has 3 heteroatoms. The molecule has 0 aliphatic heterocycles. The molecular formula is C16H17NO2. The highest BCUT2D eigenvalue weighted by Gasteiger charge is 2.12. The minimum Gasteiger partial charge on any atom is -0.384 e.